The first-order valence-electron chi connectivity index (χ1n) is 5.38. The first kappa shape index (κ1) is 14.4. The Labute approximate surface area is 98.6 Å². The average Bonchev–Trinajstić information content (AvgIpc) is 2.29. The zero-order chi connectivity index (χ0) is 12.4. The molecule has 1 rings (SSSR count). The SMILES string of the molecule is C#CCC.COc1ccccc1OC(C)C. The summed E-state index contributed by atoms with van der Waals surface area (Å²) in [6.45, 7) is 5.93. The molecule has 0 radical (unpaired) electrons. The van der Waals surface area contributed by atoms with E-state index in [1.54, 1.807) is 7.11 Å². The monoisotopic (exact) mass is 220 g/mol. The maximum Gasteiger partial charge on any atom is 0.161 e. The summed E-state index contributed by atoms with van der Waals surface area (Å²) in [6, 6.07) is 7.64. The second-order valence-electron chi connectivity index (χ2n) is 3.38. The Morgan fingerprint density at radius 1 is 1.25 bits per heavy atom. The molecule has 0 bridgehead atoms. The second kappa shape index (κ2) is 8.67. The molecule has 0 aliphatic rings. The average molecular weight is 220 g/mol. The van der Waals surface area contributed by atoms with Crippen LogP contribution in [-0.2, 0) is 0 Å². The molecule has 0 aliphatic carbocycles. The van der Waals surface area contributed by atoms with Crippen LogP contribution in [0.5, 0.6) is 11.5 Å². The summed E-state index contributed by atoms with van der Waals surface area (Å²) in [5.41, 5.74) is 0. The van der Waals surface area contributed by atoms with E-state index in [9.17, 15) is 0 Å². The van der Waals surface area contributed by atoms with E-state index in [2.05, 4.69) is 5.92 Å². The Morgan fingerprint density at radius 3 is 2.12 bits per heavy atom. The summed E-state index contributed by atoms with van der Waals surface area (Å²) >= 11 is 0. The van der Waals surface area contributed by atoms with Crippen LogP contribution < -0.4 is 9.47 Å². The first-order chi connectivity index (χ1) is 7.65. The van der Waals surface area contributed by atoms with Gasteiger partial charge in [0.15, 0.2) is 11.5 Å². The number of ether oxygens (including phenoxy) is 2. The number of para-hydroxylation sites is 2. The lowest BCUT2D eigenvalue weighted by Gasteiger charge is -2.12. The lowest BCUT2D eigenvalue weighted by atomic mass is 10.3. The van der Waals surface area contributed by atoms with Crippen molar-refractivity contribution in [3.05, 3.63) is 24.3 Å². The van der Waals surface area contributed by atoms with Gasteiger partial charge in [0.05, 0.1) is 13.2 Å². The highest BCUT2D eigenvalue weighted by Gasteiger charge is 2.03. The maximum atomic E-state index is 5.51. The molecule has 1 aromatic rings. The van der Waals surface area contributed by atoms with Gasteiger partial charge in [-0.05, 0) is 26.0 Å². The van der Waals surface area contributed by atoms with E-state index < -0.39 is 0 Å². The van der Waals surface area contributed by atoms with Crippen LogP contribution in [0.3, 0.4) is 0 Å². The van der Waals surface area contributed by atoms with Gasteiger partial charge in [0.2, 0.25) is 0 Å². The highest BCUT2D eigenvalue weighted by Crippen LogP contribution is 2.26. The molecule has 0 spiro atoms. The van der Waals surface area contributed by atoms with Gasteiger partial charge in [-0.15, -0.1) is 12.3 Å². The molecule has 0 heterocycles. The third-order valence-electron chi connectivity index (χ3n) is 1.64. The molecular weight excluding hydrogens is 200 g/mol. The zero-order valence-corrected chi connectivity index (χ0v) is 10.5. The minimum Gasteiger partial charge on any atom is -0.493 e. The molecule has 1 aromatic carbocycles. The zero-order valence-electron chi connectivity index (χ0n) is 10.5. The van der Waals surface area contributed by atoms with E-state index in [4.69, 9.17) is 15.9 Å². The van der Waals surface area contributed by atoms with Crippen molar-refractivity contribution in [2.45, 2.75) is 33.3 Å². The minimum atomic E-state index is 0.182. The first-order valence-corrected chi connectivity index (χ1v) is 5.38. The molecule has 0 saturated carbocycles. The Bertz CT molecular complexity index is 324. The molecule has 0 atom stereocenters. The van der Waals surface area contributed by atoms with E-state index in [0.29, 0.717) is 0 Å². The Balaban J connectivity index is 0.000000487. The fraction of sp³-hybridized carbons (Fsp3) is 0.429. The van der Waals surface area contributed by atoms with E-state index in [-0.39, 0.29) is 6.10 Å². The van der Waals surface area contributed by atoms with E-state index in [1.165, 1.54) is 0 Å². The van der Waals surface area contributed by atoms with Crippen LogP contribution in [0.25, 0.3) is 0 Å². The third-order valence-corrected chi connectivity index (χ3v) is 1.64. The van der Waals surface area contributed by atoms with Crippen LogP contribution in [-0.4, -0.2) is 13.2 Å². The van der Waals surface area contributed by atoms with Crippen LogP contribution >= 0.6 is 0 Å². The lowest BCUT2D eigenvalue weighted by Crippen LogP contribution is -2.06. The van der Waals surface area contributed by atoms with Crippen molar-refractivity contribution in [1.82, 2.24) is 0 Å². The summed E-state index contributed by atoms with van der Waals surface area (Å²) in [5.74, 6) is 4.02. The molecule has 0 amide bonds. The molecule has 0 unspecified atom stereocenters. The van der Waals surface area contributed by atoms with Gasteiger partial charge in [-0.3, -0.25) is 0 Å². The van der Waals surface area contributed by atoms with Crippen molar-refractivity contribution in [1.29, 1.82) is 0 Å². The predicted molar refractivity (Wildman–Crippen MR) is 67.9 cm³/mol. The Kier molecular flexibility index (Phi) is 7.79. The molecule has 0 fully saturated rings. The van der Waals surface area contributed by atoms with Crippen molar-refractivity contribution >= 4 is 0 Å². The van der Waals surface area contributed by atoms with Crippen molar-refractivity contribution in [2.24, 2.45) is 0 Å². The molecule has 16 heavy (non-hydrogen) atoms. The van der Waals surface area contributed by atoms with Crippen molar-refractivity contribution in [2.75, 3.05) is 7.11 Å². The number of terminal acetylenes is 1. The van der Waals surface area contributed by atoms with Gasteiger partial charge in [0.25, 0.3) is 0 Å². The van der Waals surface area contributed by atoms with Crippen molar-refractivity contribution < 1.29 is 9.47 Å². The van der Waals surface area contributed by atoms with Crippen molar-refractivity contribution in [3.63, 3.8) is 0 Å². The Hall–Kier alpha value is -1.62. The van der Waals surface area contributed by atoms with Crippen LogP contribution in [0.2, 0.25) is 0 Å². The summed E-state index contributed by atoms with van der Waals surface area (Å²) in [7, 11) is 1.64. The molecule has 0 saturated heterocycles. The van der Waals surface area contributed by atoms with Gasteiger partial charge in [-0.1, -0.05) is 19.1 Å². The molecule has 0 N–H and O–H groups in total. The summed E-state index contributed by atoms with van der Waals surface area (Å²) in [5, 5.41) is 0. The number of hydrogen-bond donors (Lipinski definition) is 0. The minimum absolute atomic E-state index is 0.182. The molecule has 0 aliphatic heterocycles. The maximum absolute atomic E-state index is 5.51. The summed E-state index contributed by atoms with van der Waals surface area (Å²) in [6.07, 6.45) is 5.81. The fourth-order valence-electron chi connectivity index (χ4n) is 0.970. The summed E-state index contributed by atoms with van der Waals surface area (Å²) < 4.78 is 10.6. The number of rotatable bonds is 3. The van der Waals surface area contributed by atoms with Crippen LogP contribution in [0.4, 0.5) is 0 Å². The van der Waals surface area contributed by atoms with Crippen LogP contribution in [0.1, 0.15) is 27.2 Å². The normalized spacial score (nSPS) is 8.75. The molecule has 0 aromatic heterocycles. The molecule has 2 heteroatoms. The Morgan fingerprint density at radius 2 is 1.75 bits per heavy atom. The standard InChI is InChI=1S/C10H14O2.C4H6/c1-8(2)12-10-7-5-4-6-9(10)11-3;1-3-4-2/h4-8H,1-3H3;1H,4H2,2H3. The smallest absolute Gasteiger partial charge is 0.161 e. The highest BCUT2D eigenvalue weighted by atomic mass is 16.5. The van der Waals surface area contributed by atoms with Gasteiger partial charge in [-0.25, -0.2) is 0 Å². The topological polar surface area (TPSA) is 18.5 Å². The quantitative estimate of drug-likeness (QED) is 0.726. The predicted octanol–water partition coefficient (Wildman–Crippen LogP) is 3.51. The second-order valence-corrected chi connectivity index (χ2v) is 3.38. The van der Waals surface area contributed by atoms with Crippen molar-refractivity contribution in [3.8, 4) is 23.8 Å². The van der Waals surface area contributed by atoms with Gasteiger partial charge in [-0.2, -0.15) is 0 Å². The van der Waals surface area contributed by atoms with Gasteiger partial charge in [0.1, 0.15) is 0 Å². The van der Waals surface area contributed by atoms with E-state index in [0.717, 1.165) is 17.9 Å². The largest absolute Gasteiger partial charge is 0.493 e. The molecule has 2 nitrogen and oxygen atoms in total. The lowest BCUT2D eigenvalue weighted by molar-refractivity contribution is 0.230. The number of benzene rings is 1. The molecule has 88 valence electrons. The fourth-order valence-corrected chi connectivity index (χ4v) is 0.970. The van der Waals surface area contributed by atoms with Gasteiger partial charge in [0, 0.05) is 6.42 Å². The summed E-state index contributed by atoms with van der Waals surface area (Å²) in [4.78, 5) is 0. The number of hydrogen-bond acceptors (Lipinski definition) is 2. The van der Waals surface area contributed by atoms with Crippen LogP contribution in [0, 0.1) is 12.3 Å². The van der Waals surface area contributed by atoms with Gasteiger partial charge >= 0.3 is 0 Å². The number of methoxy groups -OCH3 is 1. The third kappa shape index (κ3) is 5.98. The van der Waals surface area contributed by atoms with E-state index in [1.807, 2.05) is 45.0 Å². The van der Waals surface area contributed by atoms with Gasteiger partial charge < -0.3 is 9.47 Å². The van der Waals surface area contributed by atoms with Crippen LogP contribution in [0.15, 0.2) is 24.3 Å². The van der Waals surface area contributed by atoms with E-state index >= 15 is 0 Å². The molecular formula is C14H20O2. The highest BCUT2D eigenvalue weighted by molar-refractivity contribution is 5.39.